The molecule has 36 heavy (non-hydrogen) atoms. The minimum Gasteiger partial charge on any atom is -0.496 e. The number of amides is 1. The van der Waals surface area contributed by atoms with Gasteiger partial charge in [-0.1, -0.05) is 30.3 Å². The van der Waals surface area contributed by atoms with Crippen LogP contribution in [0.5, 0.6) is 5.75 Å². The van der Waals surface area contributed by atoms with Gasteiger partial charge < -0.3 is 20.3 Å². The van der Waals surface area contributed by atoms with Gasteiger partial charge in [-0.15, -0.1) is 0 Å². The Labute approximate surface area is 210 Å². The van der Waals surface area contributed by atoms with E-state index in [-0.39, 0.29) is 5.91 Å². The highest BCUT2D eigenvalue weighted by Crippen LogP contribution is 2.33. The van der Waals surface area contributed by atoms with E-state index in [1.54, 1.807) is 25.1 Å². The van der Waals surface area contributed by atoms with Crippen LogP contribution in [0.1, 0.15) is 11.1 Å². The van der Waals surface area contributed by atoms with E-state index in [2.05, 4.69) is 9.97 Å². The van der Waals surface area contributed by atoms with E-state index in [0.717, 1.165) is 28.1 Å². The van der Waals surface area contributed by atoms with E-state index in [9.17, 15) is 4.79 Å². The first-order valence-corrected chi connectivity index (χ1v) is 11.6. The first-order valence-electron chi connectivity index (χ1n) is 11.6. The van der Waals surface area contributed by atoms with Gasteiger partial charge in [-0.3, -0.25) is 4.79 Å². The van der Waals surface area contributed by atoms with Crippen molar-refractivity contribution in [1.29, 1.82) is 0 Å². The molecule has 2 aromatic carbocycles. The van der Waals surface area contributed by atoms with E-state index in [1.165, 1.54) is 6.33 Å². The smallest absolute Gasteiger partial charge is 0.250 e. The number of benzene rings is 2. The molecular weight excluding hydrogens is 454 g/mol. The molecule has 4 aromatic rings. The highest BCUT2D eigenvalue weighted by molar-refractivity contribution is 6.01. The zero-order valence-electron chi connectivity index (χ0n) is 21.3. The number of carbonyl (C=O) groups is 1. The van der Waals surface area contributed by atoms with Crippen molar-refractivity contribution in [3.63, 3.8) is 0 Å². The molecule has 0 saturated heterocycles. The normalized spacial score (nSPS) is 11.5. The number of aryl methyl sites for hydroxylation is 1. The molecule has 0 radical (unpaired) electrons. The van der Waals surface area contributed by atoms with Gasteiger partial charge in [-0.25, -0.2) is 14.6 Å². The maximum Gasteiger partial charge on any atom is 0.250 e. The monoisotopic (exact) mass is 485 g/mol. The second kappa shape index (κ2) is 10.6. The van der Waals surface area contributed by atoms with Crippen molar-refractivity contribution in [2.45, 2.75) is 13.5 Å². The molecule has 0 aliphatic heterocycles. The van der Waals surface area contributed by atoms with E-state index < -0.39 is 0 Å². The average Bonchev–Trinajstić information content (AvgIpc) is 3.23. The minimum atomic E-state index is -0.0759. The van der Waals surface area contributed by atoms with Gasteiger partial charge in [-0.2, -0.15) is 5.10 Å². The van der Waals surface area contributed by atoms with Crippen molar-refractivity contribution in [3.8, 4) is 17.0 Å². The lowest BCUT2D eigenvalue weighted by Crippen LogP contribution is -2.24. The molecule has 9 heteroatoms. The van der Waals surface area contributed by atoms with Crippen molar-refractivity contribution in [1.82, 2.24) is 24.6 Å². The topological polar surface area (TPSA) is 102 Å². The third kappa shape index (κ3) is 5.21. The van der Waals surface area contributed by atoms with Crippen LogP contribution in [0.4, 0.5) is 11.5 Å². The number of nitrogens with zero attached hydrogens (tertiary/aromatic N) is 6. The summed E-state index contributed by atoms with van der Waals surface area (Å²) in [5.41, 5.74) is 11.3. The number of likely N-dealkylation sites (N-methyl/N-ethyl adjacent to an activating group) is 2. The Bertz CT molecular complexity index is 1410. The molecule has 186 valence electrons. The Morgan fingerprint density at radius 1 is 1.11 bits per heavy atom. The van der Waals surface area contributed by atoms with Gasteiger partial charge in [0, 0.05) is 30.9 Å². The van der Waals surface area contributed by atoms with Crippen LogP contribution in [0.3, 0.4) is 0 Å². The third-order valence-corrected chi connectivity index (χ3v) is 5.96. The number of anilines is 2. The molecule has 0 aliphatic carbocycles. The number of nitrogen functional groups attached to an aromatic ring is 1. The SMILES string of the molecule is COc1cc(-c2nn(Cc3ccc(N(C)C(=O)/C=C/CN(C)C)cc3)c3ncnc(N)c23)ccc1C. The predicted octanol–water partition coefficient (Wildman–Crippen LogP) is 3.52. The maximum absolute atomic E-state index is 12.5. The summed E-state index contributed by atoms with van der Waals surface area (Å²) in [6, 6.07) is 13.7. The Balaban J connectivity index is 1.61. The molecule has 0 saturated carbocycles. The Kier molecular flexibility index (Phi) is 7.30. The summed E-state index contributed by atoms with van der Waals surface area (Å²) in [4.78, 5) is 24.7. The van der Waals surface area contributed by atoms with Crippen LogP contribution >= 0.6 is 0 Å². The van der Waals surface area contributed by atoms with E-state index in [0.29, 0.717) is 35.6 Å². The predicted molar refractivity (Wildman–Crippen MR) is 143 cm³/mol. The molecule has 9 nitrogen and oxygen atoms in total. The number of nitrogens with two attached hydrogens (primary N) is 1. The average molecular weight is 486 g/mol. The zero-order valence-corrected chi connectivity index (χ0v) is 21.3. The second-order valence-electron chi connectivity index (χ2n) is 8.88. The summed E-state index contributed by atoms with van der Waals surface area (Å²) in [5, 5.41) is 5.56. The van der Waals surface area contributed by atoms with Crippen molar-refractivity contribution in [2.75, 3.05) is 45.4 Å². The molecule has 0 spiro atoms. The standard InChI is InChI=1S/C27H31N7O2/c1-18-8-11-20(15-22(18)36-5)25-24-26(28)29-17-30-27(24)34(31-25)16-19-9-12-21(13-10-19)33(4)23(35)7-6-14-32(2)3/h6-13,15,17H,14,16H2,1-5H3,(H2,28,29,30)/b7-6+. The molecule has 1 amide bonds. The molecule has 0 fully saturated rings. The number of hydrogen-bond acceptors (Lipinski definition) is 7. The molecule has 0 bridgehead atoms. The highest BCUT2D eigenvalue weighted by Gasteiger charge is 2.18. The second-order valence-corrected chi connectivity index (χ2v) is 8.88. The quantitative estimate of drug-likeness (QED) is 0.381. The number of carbonyl (C=O) groups excluding carboxylic acids is 1. The lowest BCUT2D eigenvalue weighted by Gasteiger charge is -2.16. The van der Waals surface area contributed by atoms with Crippen molar-refractivity contribution in [3.05, 3.63) is 72.1 Å². The number of ether oxygens (including phenoxy) is 1. The fourth-order valence-corrected chi connectivity index (χ4v) is 3.91. The number of fused-ring (bicyclic) bond motifs is 1. The van der Waals surface area contributed by atoms with Gasteiger partial charge in [0.25, 0.3) is 0 Å². The molecule has 4 rings (SSSR count). The summed E-state index contributed by atoms with van der Waals surface area (Å²) >= 11 is 0. The van der Waals surface area contributed by atoms with Gasteiger partial charge in [0.05, 0.1) is 19.0 Å². The molecule has 2 N–H and O–H groups in total. The fraction of sp³-hybridized carbons (Fsp3) is 0.259. The van der Waals surface area contributed by atoms with E-state index in [1.807, 2.05) is 79.1 Å². The van der Waals surface area contributed by atoms with Crippen LogP contribution in [-0.2, 0) is 11.3 Å². The molecular formula is C27H31N7O2. The summed E-state index contributed by atoms with van der Waals surface area (Å²) < 4.78 is 7.32. The van der Waals surface area contributed by atoms with Gasteiger partial charge in [-0.05, 0) is 50.3 Å². The first-order chi connectivity index (χ1) is 17.3. The Hall–Kier alpha value is -4.24. The minimum absolute atomic E-state index is 0.0759. The zero-order chi connectivity index (χ0) is 25.8. The summed E-state index contributed by atoms with van der Waals surface area (Å²) in [6.07, 6.45) is 4.89. The Morgan fingerprint density at radius 2 is 1.86 bits per heavy atom. The lowest BCUT2D eigenvalue weighted by atomic mass is 10.1. The molecule has 2 heterocycles. The molecule has 0 aliphatic rings. The molecule has 0 unspecified atom stereocenters. The number of rotatable bonds is 8. The van der Waals surface area contributed by atoms with Crippen molar-refractivity contribution < 1.29 is 9.53 Å². The first kappa shape index (κ1) is 24.9. The van der Waals surface area contributed by atoms with E-state index >= 15 is 0 Å². The lowest BCUT2D eigenvalue weighted by molar-refractivity contribution is -0.113. The molecule has 2 aromatic heterocycles. The van der Waals surface area contributed by atoms with Crippen LogP contribution in [0, 0.1) is 6.92 Å². The van der Waals surface area contributed by atoms with Crippen LogP contribution in [0.25, 0.3) is 22.3 Å². The Morgan fingerprint density at radius 3 is 2.56 bits per heavy atom. The van der Waals surface area contributed by atoms with E-state index in [4.69, 9.17) is 15.6 Å². The largest absolute Gasteiger partial charge is 0.496 e. The highest BCUT2D eigenvalue weighted by atomic mass is 16.5. The number of methoxy groups -OCH3 is 1. The van der Waals surface area contributed by atoms with Gasteiger partial charge in [0.1, 0.15) is 23.6 Å². The van der Waals surface area contributed by atoms with Crippen LogP contribution < -0.4 is 15.4 Å². The summed E-state index contributed by atoms with van der Waals surface area (Å²) in [7, 11) is 7.33. The van der Waals surface area contributed by atoms with Crippen molar-refractivity contribution in [2.24, 2.45) is 0 Å². The van der Waals surface area contributed by atoms with Gasteiger partial charge in [0.15, 0.2) is 5.65 Å². The number of aromatic nitrogens is 4. The summed E-state index contributed by atoms with van der Waals surface area (Å²) in [6.45, 7) is 3.18. The van der Waals surface area contributed by atoms with Gasteiger partial charge in [0.2, 0.25) is 5.91 Å². The fourth-order valence-electron chi connectivity index (χ4n) is 3.91. The molecule has 0 atom stereocenters. The van der Waals surface area contributed by atoms with Crippen LogP contribution in [-0.4, -0.2) is 65.4 Å². The number of hydrogen-bond donors (Lipinski definition) is 1. The van der Waals surface area contributed by atoms with Crippen LogP contribution in [0.15, 0.2) is 60.9 Å². The van der Waals surface area contributed by atoms with Gasteiger partial charge >= 0.3 is 0 Å². The third-order valence-electron chi connectivity index (χ3n) is 5.96. The van der Waals surface area contributed by atoms with Crippen molar-refractivity contribution >= 4 is 28.4 Å². The van der Waals surface area contributed by atoms with Crippen LogP contribution in [0.2, 0.25) is 0 Å². The maximum atomic E-state index is 12.5. The summed E-state index contributed by atoms with van der Waals surface area (Å²) in [5.74, 6) is 1.07.